The van der Waals surface area contributed by atoms with E-state index in [-0.39, 0.29) is 11.7 Å². The average Bonchev–Trinajstić information content (AvgIpc) is 2.69. The Hall–Kier alpha value is -2.44. The van der Waals surface area contributed by atoms with E-state index < -0.39 is 6.10 Å². The van der Waals surface area contributed by atoms with E-state index in [0.29, 0.717) is 12.3 Å². The standard InChI is InChI=1S/C21H25FN2O3/c1-16(27-20-7-5-19(22)6-8-20)21(25)23-14-17-3-2-4-18(13-17)15-24-9-11-26-12-10-24/h2-8,13,16H,9-12,14-15H2,1H3,(H,23,25). The van der Waals surface area contributed by atoms with E-state index in [1.165, 1.54) is 29.8 Å². The summed E-state index contributed by atoms with van der Waals surface area (Å²) in [5.74, 6) is -0.0825. The molecule has 1 amide bonds. The van der Waals surface area contributed by atoms with E-state index in [9.17, 15) is 9.18 Å². The predicted molar refractivity (Wildman–Crippen MR) is 101 cm³/mol. The van der Waals surface area contributed by atoms with Gasteiger partial charge in [0.1, 0.15) is 11.6 Å². The van der Waals surface area contributed by atoms with Crippen LogP contribution in [0.3, 0.4) is 0 Å². The fraction of sp³-hybridized carbons (Fsp3) is 0.381. The summed E-state index contributed by atoms with van der Waals surface area (Å²) < 4.78 is 23.9. The zero-order valence-electron chi connectivity index (χ0n) is 15.5. The molecule has 1 aliphatic rings. The third-order valence-corrected chi connectivity index (χ3v) is 4.46. The summed E-state index contributed by atoms with van der Waals surface area (Å²) in [6, 6.07) is 13.8. The number of amides is 1. The van der Waals surface area contributed by atoms with Gasteiger partial charge in [0.2, 0.25) is 0 Å². The molecule has 1 atom stereocenters. The van der Waals surface area contributed by atoms with E-state index in [4.69, 9.17) is 9.47 Å². The van der Waals surface area contributed by atoms with Crippen molar-refractivity contribution in [2.75, 3.05) is 26.3 Å². The van der Waals surface area contributed by atoms with Crippen LogP contribution in [-0.2, 0) is 22.6 Å². The van der Waals surface area contributed by atoms with Crippen LogP contribution >= 0.6 is 0 Å². The number of nitrogens with zero attached hydrogens (tertiary/aromatic N) is 1. The van der Waals surface area contributed by atoms with Crippen LogP contribution in [0.15, 0.2) is 48.5 Å². The second kappa shape index (κ2) is 9.48. The maximum absolute atomic E-state index is 12.9. The van der Waals surface area contributed by atoms with Crippen molar-refractivity contribution in [1.29, 1.82) is 0 Å². The molecule has 27 heavy (non-hydrogen) atoms. The summed E-state index contributed by atoms with van der Waals surface area (Å²) in [4.78, 5) is 14.6. The van der Waals surface area contributed by atoms with Crippen LogP contribution in [0.5, 0.6) is 5.75 Å². The minimum absolute atomic E-state index is 0.210. The normalized spacial score (nSPS) is 15.9. The first-order chi connectivity index (χ1) is 13.1. The lowest BCUT2D eigenvalue weighted by molar-refractivity contribution is -0.127. The van der Waals surface area contributed by atoms with Gasteiger partial charge in [-0.2, -0.15) is 0 Å². The van der Waals surface area contributed by atoms with E-state index in [0.717, 1.165) is 38.4 Å². The van der Waals surface area contributed by atoms with Gasteiger partial charge in [0.05, 0.1) is 13.2 Å². The lowest BCUT2D eigenvalue weighted by atomic mass is 10.1. The lowest BCUT2D eigenvalue weighted by Gasteiger charge is -2.26. The fourth-order valence-electron chi connectivity index (χ4n) is 2.96. The molecule has 0 aliphatic carbocycles. The third kappa shape index (κ3) is 6.05. The summed E-state index contributed by atoms with van der Waals surface area (Å²) in [6.45, 7) is 6.44. The number of carbonyl (C=O) groups excluding carboxylic acids is 1. The predicted octanol–water partition coefficient (Wildman–Crippen LogP) is 2.74. The first kappa shape index (κ1) is 19.3. The zero-order chi connectivity index (χ0) is 19.1. The molecule has 0 aromatic heterocycles. The first-order valence-corrected chi connectivity index (χ1v) is 9.18. The molecule has 5 nitrogen and oxygen atoms in total. The van der Waals surface area contributed by atoms with Crippen molar-refractivity contribution in [3.8, 4) is 5.75 Å². The molecule has 1 heterocycles. The zero-order valence-corrected chi connectivity index (χ0v) is 15.5. The van der Waals surface area contributed by atoms with Gasteiger partial charge in [0.25, 0.3) is 5.91 Å². The van der Waals surface area contributed by atoms with Gasteiger partial charge in [-0.15, -0.1) is 0 Å². The molecule has 1 saturated heterocycles. The van der Waals surface area contributed by atoms with Crippen molar-refractivity contribution in [2.24, 2.45) is 0 Å². The molecular weight excluding hydrogens is 347 g/mol. The monoisotopic (exact) mass is 372 g/mol. The first-order valence-electron chi connectivity index (χ1n) is 9.18. The van der Waals surface area contributed by atoms with E-state index in [2.05, 4.69) is 22.3 Å². The molecule has 1 aliphatic heterocycles. The highest BCUT2D eigenvalue weighted by atomic mass is 19.1. The van der Waals surface area contributed by atoms with Crippen molar-refractivity contribution in [1.82, 2.24) is 10.2 Å². The molecule has 0 bridgehead atoms. The number of halogens is 1. The van der Waals surface area contributed by atoms with Gasteiger partial charge in [0.15, 0.2) is 6.10 Å². The third-order valence-electron chi connectivity index (χ3n) is 4.46. The summed E-state index contributed by atoms with van der Waals surface area (Å²) >= 11 is 0. The highest BCUT2D eigenvalue weighted by molar-refractivity contribution is 5.80. The Morgan fingerprint density at radius 1 is 1.19 bits per heavy atom. The number of nitrogens with one attached hydrogen (secondary N) is 1. The minimum atomic E-state index is -0.660. The van der Waals surface area contributed by atoms with Crippen LogP contribution in [0.1, 0.15) is 18.1 Å². The Kier molecular flexibility index (Phi) is 6.79. The number of ether oxygens (including phenoxy) is 2. The highest BCUT2D eigenvalue weighted by Gasteiger charge is 2.15. The molecule has 0 spiro atoms. The Labute approximate surface area is 159 Å². The maximum Gasteiger partial charge on any atom is 0.261 e. The fourth-order valence-corrected chi connectivity index (χ4v) is 2.96. The van der Waals surface area contributed by atoms with Gasteiger partial charge in [0, 0.05) is 26.2 Å². The largest absolute Gasteiger partial charge is 0.481 e. The molecular formula is C21H25FN2O3. The molecule has 0 radical (unpaired) electrons. The van der Waals surface area contributed by atoms with Crippen LogP contribution in [0, 0.1) is 5.82 Å². The van der Waals surface area contributed by atoms with Crippen LogP contribution in [-0.4, -0.2) is 43.2 Å². The van der Waals surface area contributed by atoms with E-state index >= 15 is 0 Å². The van der Waals surface area contributed by atoms with Crippen LogP contribution in [0.4, 0.5) is 4.39 Å². The quantitative estimate of drug-likeness (QED) is 0.812. The second-order valence-corrected chi connectivity index (χ2v) is 6.64. The highest BCUT2D eigenvalue weighted by Crippen LogP contribution is 2.13. The van der Waals surface area contributed by atoms with Gasteiger partial charge in [-0.3, -0.25) is 9.69 Å². The second-order valence-electron chi connectivity index (χ2n) is 6.64. The van der Waals surface area contributed by atoms with Gasteiger partial charge < -0.3 is 14.8 Å². The summed E-state index contributed by atoms with van der Waals surface area (Å²) in [6.07, 6.45) is -0.660. The molecule has 1 fully saturated rings. The summed E-state index contributed by atoms with van der Waals surface area (Å²) in [5, 5.41) is 2.89. The van der Waals surface area contributed by atoms with E-state index in [1.807, 2.05) is 12.1 Å². The van der Waals surface area contributed by atoms with Gasteiger partial charge in [-0.05, 0) is 42.3 Å². The van der Waals surface area contributed by atoms with Gasteiger partial charge in [-0.1, -0.05) is 24.3 Å². The topological polar surface area (TPSA) is 50.8 Å². The van der Waals surface area contributed by atoms with Crippen molar-refractivity contribution >= 4 is 5.91 Å². The Morgan fingerprint density at radius 3 is 2.63 bits per heavy atom. The van der Waals surface area contributed by atoms with Crippen molar-refractivity contribution in [3.63, 3.8) is 0 Å². The van der Waals surface area contributed by atoms with Crippen molar-refractivity contribution in [2.45, 2.75) is 26.1 Å². The Morgan fingerprint density at radius 2 is 1.89 bits per heavy atom. The summed E-state index contributed by atoms with van der Waals surface area (Å²) in [5.41, 5.74) is 2.27. The Balaban J connectivity index is 1.49. The van der Waals surface area contributed by atoms with Crippen molar-refractivity contribution < 1.29 is 18.7 Å². The molecule has 3 rings (SSSR count). The van der Waals surface area contributed by atoms with Crippen LogP contribution in [0.25, 0.3) is 0 Å². The number of hydrogen-bond acceptors (Lipinski definition) is 4. The molecule has 2 aromatic carbocycles. The molecule has 6 heteroatoms. The summed E-state index contributed by atoms with van der Waals surface area (Å²) in [7, 11) is 0. The van der Waals surface area contributed by atoms with Crippen LogP contribution in [0.2, 0.25) is 0 Å². The Bertz CT molecular complexity index is 745. The molecule has 0 saturated carbocycles. The van der Waals surface area contributed by atoms with Crippen molar-refractivity contribution in [3.05, 3.63) is 65.5 Å². The number of benzene rings is 2. The number of morpholine rings is 1. The number of rotatable bonds is 7. The average molecular weight is 372 g/mol. The number of carbonyl (C=O) groups is 1. The minimum Gasteiger partial charge on any atom is -0.481 e. The molecule has 1 unspecified atom stereocenters. The van der Waals surface area contributed by atoms with Gasteiger partial charge >= 0.3 is 0 Å². The molecule has 1 N–H and O–H groups in total. The van der Waals surface area contributed by atoms with E-state index in [1.54, 1.807) is 6.92 Å². The maximum atomic E-state index is 12.9. The van der Waals surface area contributed by atoms with Crippen LogP contribution < -0.4 is 10.1 Å². The number of hydrogen-bond donors (Lipinski definition) is 1. The molecule has 144 valence electrons. The lowest BCUT2D eigenvalue weighted by Crippen LogP contribution is -2.36. The van der Waals surface area contributed by atoms with Gasteiger partial charge in [-0.25, -0.2) is 4.39 Å². The smallest absolute Gasteiger partial charge is 0.261 e. The SMILES string of the molecule is CC(Oc1ccc(F)cc1)C(=O)NCc1cccc(CN2CCOCC2)c1. The molecule has 2 aromatic rings.